The Kier molecular flexibility index (Phi) is 21.8. The lowest BCUT2D eigenvalue weighted by Gasteiger charge is -2.32. The molecule has 1 amide bonds. The Morgan fingerprint density at radius 2 is 0.878 bits per heavy atom. The minimum atomic E-state index is -1.09. The lowest BCUT2D eigenvalue weighted by molar-refractivity contribution is -0.142. The molecule has 1 rings (SSSR count). The van der Waals surface area contributed by atoms with Crippen LogP contribution in [0.3, 0.4) is 0 Å². The van der Waals surface area contributed by atoms with Gasteiger partial charge in [0, 0.05) is 85.1 Å². The predicted octanol–water partition coefficient (Wildman–Crippen LogP) is -4.65. The first-order valence-electron chi connectivity index (χ1n) is 15.9. The van der Waals surface area contributed by atoms with Crippen LogP contribution in [0.2, 0.25) is 0 Å². The molecule has 0 aliphatic carbocycles. The van der Waals surface area contributed by atoms with E-state index in [0.29, 0.717) is 39.3 Å². The van der Waals surface area contributed by atoms with Crippen molar-refractivity contribution in [2.24, 2.45) is 0 Å². The summed E-state index contributed by atoms with van der Waals surface area (Å²) >= 11 is 0. The molecule has 21 heteroatoms. The fourth-order valence-corrected chi connectivity index (χ4v) is 4.85. The highest BCUT2D eigenvalue weighted by Crippen LogP contribution is 2.02. The number of nitrogens with one attached hydrogen (secondary N) is 2. The zero-order valence-corrected chi connectivity index (χ0v) is 28.4. The topological polar surface area (TPSA) is 260 Å². The van der Waals surface area contributed by atoms with Crippen molar-refractivity contribution in [3.8, 4) is 0 Å². The number of carboxylic acids is 5. The molecular weight excluding hydrogens is 654 g/mol. The zero-order valence-electron chi connectivity index (χ0n) is 28.4. The van der Waals surface area contributed by atoms with E-state index >= 15 is 0 Å². The minimum absolute atomic E-state index is 0.0775. The molecule has 0 aromatic rings. The lowest BCUT2D eigenvalue weighted by Crippen LogP contribution is -2.50. The summed E-state index contributed by atoms with van der Waals surface area (Å²) in [7, 11) is 3.72. The van der Waals surface area contributed by atoms with Gasteiger partial charge in [-0.15, -0.1) is 5.59 Å². The highest BCUT2D eigenvalue weighted by Gasteiger charge is 2.21. The summed E-state index contributed by atoms with van der Waals surface area (Å²) in [5, 5.41) is 45.9. The molecule has 21 nitrogen and oxygen atoms in total. The molecule has 1 saturated heterocycles. The summed E-state index contributed by atoms with van der Waals surface area (Å²) in [6.07, 6.45) is 0. The van der Waals surface area contributed by atoms with Gasteiger partial charge in [0.25, 0.3) is 0 Å². The second-order valence-corrected chi connectivity index (χ2v) is 11.9. The van der Waals surface area contributed by atoms with Crippen molar-refractivity contribution in [1.29, 1.82) is 0 Å². The van der Waals surface area contributed by atoms with Crippen LogP contribution in [-0.2, 0) is 33.6 Å². The highest BCUT2D eigenvalue weighted by molar-refractivity contribution is 5.77. The molecule has 1 heterocycles. The quantitative estimate of drug-likeness (QED) is 0.0389. The van der Waals surface area contributed by atoms with Gasteiger partial charge in [-0.1, -0.05) is 0 Å². The second-order valence-electron chi connectivity index (χ2n) is 11.9. The first kappa shape index (κ1) is 43.5. The summed E-state index contributed by atoms with van der Waals surface area (Å²) in [5.41, 5.74) is 4.88. The van der Waals surface area contributed by atoms with Crippen molar-refractivity contribution in [2.75, 3.05) is 145 Å². The number of hydrogen-bond donors (Lipinski definition) is 7. The summed E-state index contributed by atoms with van der Waals surface area (Å²) in [6.45, 7) is 3.50. The number of carbonyl (C=O) groups excluding carboxylic acids is 1. The molecule has 0 aromatic carbocycles. The normalized spacial score (nSPS) is 16.3. The fourth-order valence-electron chi connectivity index (χ4n) is 4.85. The first-order chi connectivity index (χ1) is 23.1. The molecule has 0 atom stereocenters. The molecule has 1 fully saturated rings. The van der Waals surface area contributed by atoms with E-state index in [1.807, 2.05) is 23.9 Å². The van der Waals surface area contributed by atoms with Crippen LogP contribution in [0.25, 0.3) is 0 Å². The van der Waals surface area contributed by atoms with Crippen molar-refractivity contribution in [2.45, 2.75) is 0 Å². The van der Waals surface area contributed by atoms with Crippen molar-refractivity contribution >= 4 is 35.8 Å². The van der Waals surface area contributed by atoms with Gasteiger partial charge in [0.05, 0.1) is 45.9 Å². The number of amides is 1. The van der Waals surface area contributed by atoms with Crippen LogP contribution >= 0.6 is 0 Å². The smallest absolute Gasteiger partial charge is 0.317 e. The van der Waals surface area contributed by atoms with Crippen molar-refractivity contribution < 1.29 is 59.1 Å². The van der Waals surface area contributed by atoms with E-state index in [-0.39, 0.29) is 91.7 Å². The fraction of sp³-hybridized carbons (Fsp3) is 0.786. The van der Waals surface area contributed by atoms with Crippen molar-refractivity contribution in [3.05, 3.63) is 0 Å². The third-order valence-corrected chi connectivity index (χ3v) is 7.59. The van der Waals surface area contributed by atoms with Gasteiger partial charge in [0.2, 0.25) is 5.91 Å². The highest BCUT2D eigenvalue weighted by atomic mass is 16.7. The SMILES string of the molecule is CN(CCONNC(=O)CN1CCN(CC(=O)O)CCN(CC(=O)O)CCN(CC(=O)O)CC1)CCN(C)CCN(CC(=O)O)CC(=O)O. The van der Waals surface area contributed by atoms with Gasteiger partial charge in [0.15, 0.2) is 0 Å². The number of carbonyl (C=O) groups is 6. The van der Waals surface area contributed by atoms with E-state index in [2.05, 4.69) is 11.0 Å². The standard InChI is InChI=1S/C28H53N9O12/c1-31(5-6-37(21-27(45)46)22-28(47)48)3-4-32(2)15-16-49-30-29-23(38)17-33-7-9-34(18-24(39)40)11-13-36(20-26(43)44)14-12-35(10-8-33)19-25(41)42/h30H,3-22H2,1-2H3,(H,29,38)(H,39,40)(H,41,42)(H,43,44)(H,45,46)(H,47,48). The number of aliphatic carboxylic acids is 5. The average Bonchev–Trinajstić information content (AvgIpc) is 2.98. The maximum Gasteiger partial charge on any atom is 0.317 e. The average molecular weight is 708 g/mol. The molecule has 0 bridgehead atoms. The number of likely N-dealkylation sites (N-methyl/N-ethyl adjacent to an activating group) is 2. The third-order valence-electron chi connectivity index (χ3n) is 7.59. The van der Waals surface area contributed by atoms with Gasteiger partial charge in [-0.25, -0.2) is 0 Å². The van der Waals surface area contributed by atoms with Crippen LogP contribution in [-0.4, -0.2) is 241 Å². The number of hydrogen-bond acceptors (Lipinski definition) is 15. The predicted molar refractivity (Wildman–Crippen MR) is 173 cm³/mol. The molecule has 1 aliphatic heterocycles. The Bertz CT molecular complexity index is 1010. The van der Waals surface area contributed by atoms with E-state index in [4.69, 9.17) is 15.1 Å². The van der Waals surface area contributed by atoms with E-state index in [9.17, 15) is 44.1 Å². The van der Waals surface area contributed by atoms with Crippen molar-refractivity contribution in [1.82, 2.24) is 45.3 Å². The van der Waals surface area contributed by atoms with Crippen LogP contribution in [0.15, 0.2) is 0 Å². The number of carboxylic acid groups (broad SMARTS) is 5. The monoisotopic (exact) mass is 707 g/mol. The molecule has 0 unspecified atom stereocenters. The van der Waals surface area contributed by atoms with Crippen LogP contribution in [0.1, 0.15) is 0 Å². The third kappa shape index (κ3) is 23.5. The maximum absolute atomic E-state index is 12.7. The van der Waals surface area contributed by atoms with Crippen LogP contribution < -0.4 is 11.0 Å². The van der Waals surface area contributed by atoms with Crippen LogP contribution in [0.5, 0.6) is 0 Å². The second kappa shape index (κ2) is 24.6. The zero-order chi connectivity index (χ0) is 36.8. The molecule has 0 saturated carbocycles. The van der Waals surface area contributed by atoms with Gasteiger partial charge < -0.3 is 35.3 Å². The Morgan fingerprint density at radius 3 is 1.24 bits per heavy atom. The van der Waals surface area contributed by atoms with E-state index < -0.39 is 35.8 Å². The van der Waals surface area contributed by atoms with E-state index in [1.165, 1.54) is 4.90 Å². The Balaban J connectivity index is 2.54. The van der Waals surface area contributed by atoms with Gasteiger partial charge in [-0.2, -0.15) is 0 Å². The summed E-state index contributed by atoms with van der Waals surface area (Å²) in [6, 6.07) is 0. The Labute approximate surface area is 285 Å². The van der Waals surface area contributed by atoms with E-state index in [0.717, 1.165) is 0 Å². The minimum Gasteiger partial charge on any atom is -0.480 e. The molecular formula is C28H53N9O12. The molecule has 0 radical (unpaired) electrons. The number of hydrazine groups is 1. The Morgan fingerprint density at radius 1 is 0.531 bits per heavy atom. The number of rotatable bonds is 23. The Hall–Kier alpha value is -3.54. The number of nitrogens with zero attached hydrogens (tertiary/aromatic N) is 7. The largest absolute Gasteiger partial charge is 0.480 e. The lowest BCUT2D eigenvalue weighted by atomic mass is 10.3. The summed E-state index contributed by atoms with van der Waals surface area (Å²) in [4.78, 5) is 86.2. The molecule has 1 aliphatic rings. The molecule has 282 valence electrons. The maximum atomic E-state index is 12.7. The molecule has 0 aromatic heterocycles. The van der Waals surface area contributed by atoms with Crippen LogP contribution in [0.4, 0.5) is 0 Å². The van der Waals surface area contributed by atoms with Crippen LogP contribution in [0, 0.1) is 0 Å². The van der Waals surface area contributed by atoms with Gasteiger partial charge in [-0.05, 0) is 14.1 Å². The first-order valence-corrected chi connectivity index (χ1v) is 15.9. The summed E-state index contributed by atoms with van der Waals surface area (Å²) in [5.74, 6) is -5.72. The summed E-state index contributed by atoms with van der Waals surface area (Å²) < 4.78 is 0. The molecule has 49 heavy (non-hydrogen) atoms. The van der Waals surface area contributed by atoms with Gasteiger partial charge in [0.1, 0.15) is 0 Å². The van der Waals surface area contributed by atoms with E-state index in [1.54, 1.807) is 19.6 Å². The van der Waals surface area contributed by atoms with Gasteiger partial charge >= 0.3 is 29.8 Å². The van der Waals surface area contributed by atoms with Crippen molar-refractivity contribution in [3.63, 3.8) is 0 Å². The molecule has 7 N–H and O–H groups in total. The van der Waals surface area contributed by atoms with Gasteiger partial charge in [-0.3, -0.25) is 63.5 Å². The molecule has 0 spiro atoms.